The summed E-state index contributed by atoms with van der Waals surface area (Å²) in [6, 6.07) is 7.55. The third kappa shape index (κ3) is 2.77. The summed E-state index contributed by atoms with van der Waals surface area (Å²) >= 11 is 0. The lowest BCUT2D eigenvalue weighted by Crippen LogP contribution is -2.32. The third-order valence-electron chi connectivity index (χ3n) is 3.35. The number of hydrogen-bond donors (Lipinski definition) is 2. The highest BCUT2D eigenvalue weighted by molar-refractivity contribution is 5.90. The van der Waals surface area contributed by atoms with E-state index in [0.29, 0.717) is 5.92 Å². The van der Waals surface area contributed by atoms with Crippen LogP contribution in [-0.2, 0) is 6.42 Å². The summed E-state index contributed by atoms with van der Waals surface area (Å²) in [5.41, 5.74) is 7.44. The fourth-order valence-electron chi connectivity index (χ4n) is 2.33. The molecule has 1 unspecified atom stereocenters. The lowest BCUT2D eigenvalue weighted by Gasteiger charge is -2.20. The van der Waals surface area contributed by atoms with Crippen LogP contribution in [0.5, 0.6) is 0 Å². The van der Waals surface area contributed by atoms with Gasteiger partial charge in [0, 0.05) is 12.7 Å². The quantitative estimate of drug-likeness (QED) is 0.828. The number of primary amides is 1. The highest BCUT2D eigenvalue weighted by atomic mass is 16.2. The van der Waals surface area contributed by atoms with Crippen LogP contribution in [0, 0.1) is 5.92 Å². The number of nitrogens with zero attached hydrogens (tertiary/aromatic N) is 1. The number of amides is 2. The minimum atomic E-state index is -0.415. The van der Waals surface area contributed by atoms with Crippen molar-refractivity contribution in [3.8, 4) is 0 Å². The molecule has 0 saturated carbocycles. The molecule has 1 aromatic rings. The van der Waals surface area contributed by atoms with Crippen molar-refractivity contribution in [1.82, 2.24) is 5.32 Å². The molecule has 0 bridgehead atoms. The number of para-hydroxylation sites is 1. The van der Waals surface area contributed by atoms with Crippen LogP contribution in [0.1, 0.15) is 12.0 Å². The van der Waals surface area contributed by atoms with Crippen molar-refractivity contribution < 1.29 is 4.79 Å². The van der Waals surface area contributed by atoms with Crippen molar-refractivity contribution in [2.24, 2.45) is 11.7 Å². The standard InChI is InChI=1S/C13H19N3O/c1-16(13(14)17)12-5-3-2-4-11(12)8-10-6-7-15-9-10/h2-5,10,15H,6-9H2,1H3,(H2,14,17). The molecule has 2 rings (SSSR count). The highest BCUT2D eigenvalue weighted by Gasteiger charge is 2.18. The number of carbonyl (C=O) groups excluding carboxylic acids is 1. The second-order valence-electron chi connectivity index (χ2n) is 4.59. The van der Waals surface area contributed by atoms with Crippen LogP contribution in [0.3, 0.4) is 0 Å². The minimum absolute atomic E-state index is 0.415. The van der Waals surface area contributed by atoms with E-state index in [-0.39, 0.29) is 0 Å². The molecule has 1 fully saturated rings. The maximum absolute atomic E-state index is 11.2. The number of nitrogens with one attached hydrogen (secondary N) is 1. The maximum atomic E-state index is 11.2. The molecule has 0 aromatic heterocycles. The number of rotatable bonds is 3. The topological polar surface area (TPSA) is 58.4 Å². The second kappa shape index (κ2) is 5.19. The third-order valence-corrected chi connectivity index (χ3v) is 3.35. The summed E-state index contributed by atoms with van der Waals surface area (Å²) < 4.78 is 0. The van der Waals surface area contributed by atoms with Crippen molar-refractivity contribution in [3.63, 3.8) is 0 Å². The van der Waals surface area contributed by atoms with Crippen molar-refractivity contribution in [2.45, 2.75) is 12.8 Å². The van der Waals surface area contributed by atoms with Crippen LogP contribution in [0.25, 0.3) is 0 Å². The summed E-state index contributed by atoms with van der Waals surface area (Å²) in [4.78, 5) is 12.7. The Balaban J connectivity index is 2.17. The Bertz CT molecular complexity index is 399. The van der Waals surface area contributed by atoms with Gasteiger partial charge in [0.1, 0.15) is 0 Å². The van der Waals surface area contributed by atoms with Crippen LogP contribution in [0.15, 0.2) is 24.3 Å². The van der Waals surface area contributed by atoms with E-state index in [4.69, 9.17) is 5.73 Å². The molecule has 4 heteroatoms. The lowest BCUT2D eigenvalue weighted by atomic mass is 9.97. The maximum Gasteiger partial charge on any atom is 0.319 e. The monoisotopic (exact) mass is 233 g/mol. The molecule has 1 aliphatic rings. The van der Waals surface area contributed by atoms with E-state index in [2.05, 4.69) is 11.4 Å². The van der Waals surface area contributed by atoms with E-state index in [0.717, 1.165) is 25.2 Å². The molecular formula is C13H19N3O. The molecule has 1 aromatic carbocycles. The Morgan fingerprint density at radius 1 is 1.53 bits per heavy atom. The lowest BCUT2D eigenvalue weighted by molar-refractivity contribution is 0.255. The van der Waals surface area contributed by atoms with Gasteiger partial charge >= 0.3 is 6.03 Å². The number of hydrogen-bond acceptors (Lipinski definition) is 2. The average Bonchev–Trinajstić information content (AvgIpc) is 2.81. The van der Waals surface area contributed by atoms with Crippen LogP contribution >= 0.6 is 0 Å². The zero-order chi connectivity index (χ0) is 12.3. The summed E-state index contributed by atoms with van der Waals surface area (Å²) in [5, 5.41) is 3.36. The van der Waals surface area contributed by atoms with E-state index in [9.17, 15) is 4.79 Å². The van der Waals surface area contributed by atoms with Gasteiger partial charge in [0.05, 0.1) is 0 Å². The molecule has 1 heterocycles. The van der Waals surface area contributed by atoms with Gasteiger partial charge in [-0.1, -0.05) is 18.2 Å². The van der Waals surface area contributed by atoms with Crippen molar-refractivity contribution in [3.05, 3.63) is 29.8 Å². The molecule has 92 valence electrons. The largest absolute Gasteiger partial charge is 0.351 e. The number of nitrogens with two attached hydrogens (primary N) is 1. The first-order valence-electron chi connectivity index (χ1n) is 6.00. The first kappa shape index (κ1) is 11.9. The predicted molar refractivity (Wildman–Crippen MR) is 69.1 cm³/mol. The molecule has 4 nitrogen and oxygen atoms in total. The number of benzene rings is 1. The Kier molecular flexibility index (Phi) is 3.64. The first-order chi connectivity index (χ1) is 8.18. The van der Waals surface area contributed by atoms with Gasteiger partial charge in [-0.15, -0.1) is 0 Å². The molecule has 17 heavy (non-hydrogen) atoms. The molecular weight excluding hydrogens is 214 g/mol. The van der Waals surface area contributed by atoms with Gasteiger partial charge in [-0.05, 0) is 43.5 Å². The normalized spacial score (nSPS) is 19.2. The zero-order valence-electron chi connectivity index (χ0n) is 10.1. The average molecular weight is 233 g/mol. The van der Waals surface area contributed by atoms with Gasteiger partial charge in [0.15, 0.2) is 0 Å². The molecule has 0 radical (unpaired) electrons. The predicted octanol–water partition coefficient (Wildman–Crippen LogP) is 1.35. The molecule has 0 aliphatic carbocycles. The Morgan fingerprint density at radius 2 is 2.29 bits per heavy atom. The van der Waals surface area contributed by atoms with E-state index < -0.39 is 6.03 Å². The second-order valence-corrected chi connectivity index (χ2v) is 4.59. The summed E-state index contributed by atoms with van der Waals surface area (Å²) in [5.74, 6) is 0.664. The molecule has 3 N–H and O–H groups in total. The van der Waals surface area contributed by atoms with Crippen LogP contribution in [-0.4, -0.2) is 26.2 Å². The van der Waals surface area contributed by atoms with Crippen LogP contribution in [0.4, 0.5) is 10.5 Å². The molecule has 1 saturated heterocycles. The first-order valence-corrected chi connectivity index (χ1v) is 6.00. The fraction of sp³-hybridized carbons (Fsp3) is 0.462. The van der Waals surface area contributed by atoms with Gasteiger partial charge in [-0.3, -0.25) is 4.90 Å². The van der Waals surface area contributed by atoms with Gasteiger partial charge in [-0.25, -0.2) is 4.79 Å². The minimum Gasteiger partial charge on any atom is -0.351 e. The van der Waals surface area contributed by atoms with E-state index >= 15 is 0 Å². The van der Waals surface area contributed by atoms with Crippen molar-refractivity contribution in [2.75, 3.05) is 25.0 Å². The summed E-state index contributed by atoms with van der Waals surface area (Å²) in [6.45, 7) is 2.16. The van der Waals surface area contributed by atoms with Gasteiger partial charge in [0.2, 0.25) is 0 Å². The Morgan fingerprint density at radius 3 is 2.94 bits per heavy atom. The molecule has 0 spiro atoms. The van der Waals surface area contributed by atoms with E-state index in [1.807, 2.05) is 18.2 Å². The number of urea groups is 1. The molecule has 1 aliphatic heterocycles. The smallest absolute Gasteiger partial charge is 0.319 e. The van der Waals surface area contributed by atoms with Gasteiger partial charge in [-0.2, -0.15) is 0 Å². The molecule has 2 amide bonds. The van der Waals surface area contributed by atoms with Crippen molar-refractivity contribution >= 4 is 11.7 Å². The highest BCUT2D eigenvalue weighted by Crippen LogP contribution is 2.24. The van der Waals surface area contributed by atoms with E-state index in [1.165, 1.54) is 16.9 Å². The van der Waals surface area contributed by atoms with Crippen LogP contribution < -0.4 is 16.0 Å². The van der Waals surface area contributed by atoms with Crippen LogP contribution in [0.2, 0.25) is 0 Å². The van der Waals surface area contributed by atoms with Gasteiger partial charge in [0.25, 0.3) is 0 Å². The summed E-state index contributed by atoms with van der Waals surface area (Å²) in [6.07, 6.45) is 2.20. The number of anilines is 1. The Labute approximate surface area is 102 Å². The Hall–Kier alpha value is -1.55. The fourth-order valence-corrected chi connectivity index (χ4v) is 2.33. The van der Waals surface area contributed by atoms with Gasteiger partial charge < -0.3 is 11.1 Å². The van der Waals surface area contributed by atoms with E-state index in [1.54, 1.807) is 7.05 Å². The number of carbonyl (C=O) groups is 1. The SMILES string of the molecule is CN(C(N)=O)c1ccccc1CC1CCNC1. The molecule has 1 atom stereocenters. The summed E-state index contributed by atoms with van der Waals surface area (Å²) in [7, 11) is 1.72. The zero-order valence-corrected chi connectivity index (χ0v) is 10.1. The van der Waals surface area contributed by atoms with Crippen molar-refractivity contribution in [1.29, 1.82) is 0 Å².